The highest BCUT2D eigenvalue weighted by atomic mass is 16.7. The molecule has 1 fully saturated rings. The molecule has 1 saturated heterocycles. The third-order valence-electron chi connectivity index (χ3n) is 6.42. The average Bonchev–Trinajstić information content (AvgIpc) is 2.96. The molecule has 5 atom stereocenters. The van der Waals surface area contributed by atoms with Gasteiger partial charge in [0, 0.05) is 0 Å². The quantitative estimate of drug-likeness (QED) is 0.103. The van der Waals surface area contributed by atoms with Gasteiger partial charge in [0.25, 0.3) is 0 Å². The summed E-state index contributed by atoms with van der Waals surface area (Å²) in [7, 11) is 2.59. The van der Waals surface area contributed by atoms with Crippen LogP contribution in [-0.2, 0) is 9.47 Å². The van der Waals surface area contributed by atoms with Crippen molar-refractivity contribution in [3.63, 3.8) is 0 Å². The summed E-state index contributed by atoms with van der Waals surface area (Å²) in [5.74, 6) is -1.95. The van der Waals surface area contributed by atoms with E-state index in [1.165, 1.54) is 44.6 Å². The minimum absolute atomic E-state index is 0.00621. The van der Waals surface area contributed by atoms with E-state index in [1.54, 1.807) is 0 Å². The van der Waals surface area contributed by atoms with Crippen LogP contribution in [0.2, 0.25) is 0 Å². The third kappa shape index (κ3) is 8.14. The normalized spacial score (nSPS) is 22.0. The Labute approximate surface area is 242 Å². The zero-order valence-corrected chi connectivity index (χ0v) is 23.7. The number of aromatic carboxylic acids is 1. The maximum Gasteiger partial charge on any atom is 0.338 e. The van der Waals surface area contributed by atoms with Gasteiger partial charge in [0.2, 0.25) is 12.0 Å². The number of phenolic OH excluding ortho intramolecular Hbond substituents is 1. The molecule has 2 aromatic rings. The van der Waals surface area contributed by atoms with Gasteiger partial charge in [-0.05, 0) is 49.2 Å². The van der Waals surface area contributed by atoms with E-state index in [9.17, 15) is 35.1 Å². The van der Waals surface area contributed by atoms with Crippen LogP contribution in [0.25, 0.3) is 0 Å². The highest BCUT2D eigenvalue weighted by molar-refractivity contribution is 5.91. The molecule has 0 aromatic heterocycles. The molecular formula is C28H37NO13. The lowest BCUT2D eigenvalue weighted by Gasteiger charge is -2.40. The maximum absolute atomic E-state index is 12.9. The predicted molar refractivity (Wildman–Crippen MR) is 145 cm³/mol. The van der Waals surface area contributed by atoms with Gasteiger partial charge in [-0.15, -0.1) is 0 Å². The van der Waals surface area contributed by atoms with Crippen molar-refractivity contribution < 1.29 is 63.5 Å². The van der Waals surface area contributed by atoms with Gasteiger partial charge in [-0.3, -0.25) is 5.32 Å². The number of carboxylic acids is 1. The van der Waals surface area contributed by atoms with Crippen molar-refractivity contribution in [2.45, 2.75) is 51.0 Å². The summed E-state index contributed by atoms with van der Waals surface area (Å²) in [4.78, 5) is 24.1. The molecule has 0 saturated carbocycles. The molecule has 0 spiro atoms. The fraction of sp³-hybridized carbons (Fsp3) is 0.500. The number of esters is 1. The third-order valence-corrected chi connectivity index (χ3v) is 6.42. The number of ether oxygens (including phenoxy) is 6. The van der Waals surface area contributed by atoms with Crippen molar-refractivity contribution in [2.75, 3.05) is 34.1 Å². The van der Waals surface area contributed by atoms with Crippen molar-refractivity contribution in [3.05, 3.63) is 41.5 Å². The molecule has 1 aliphatic heterocycles. The Morgan fingerprint density at radius 2 is 1.60 bits per heavy atom. The first-order valence-corrected chi connectivity index (χ1v) is 13.2. The molecule has 1 heterocycles. The second-order valence-electron chi connectivity index (χ2n) is 9.90. The van der Waals surface area contributed by atoms with Crippen molar-refractivity contribution in [1.82, 2.24) is 5.32 Å². The minimum atomic E-state index is -1.74. The number of aliphatic hydroxyl groups is 3. The second kappa shape index (κ2) is 14.9. The molecule has 0 radical (unpaired) electrons. The van der Waals surface area contributed by atoms with Crippen molar-refractivity contribution in [3.8, 4) is 28.7 Å². The first kappa shape index (κ1) is 32.7. The molecule has 0 amide bonds. The topological polar surface area (TPSA) is 203 Å². The highest BCUT2D eigenvalue weighted by Gasteiger charge is 2.45. The summed E-state index contributed by atoms with van der Waals surface area (Å²) < 4.78 is 32.4. The molecular weight excluding hydrogens is 558 g/mol. The Hall–Kier alpha value is -3.82. The van der Waals surface area contributed by atoms with Crippen LogP contribution >= 0.6 is 0 Å². The Morgan fingerprint density at radius 1 is 0.929 bits per heavy atom. The Kier molecular flexibility index (Phi) is 11.6. The van der Waals surface area contributed by atoms with Crippen LogP contribution < -0.4 is 24.3 Å². The first-order chi connectivity index (χ1) is 20.0. The number of benzene rings is 2. The summed E-state index contributed by atoms with van der Waals surface area (Å²) in [5, 5.41) is 54.0. The molecule has 14 heteroatoms. The molecule has 232 valence electrons. The van der Waals surface area contributed by atoms with Crippen LogP contribution in [0.15, 0.2) is 30.3 Å². The van der Waals surface area contributed by atoms with Gasteiger partial charge in [0.15, 0.2) is 23.0 Å². The Morgan fingerprint density at radius 3 is 2.24 bits per heavy atom. The van der Waals surface area contributed by atoms with Gasteiger partial charge in [0.1, 0.15) is 37.8 Å². The molecule has 3 rings (SSSR count). The van der Waals surface area contributed by atoms with E-state index in [2.05, 4.69) is 19.2 Å². The molecule has 2 aromatic carbocycles. The monoisotopic (exact) mass is 595 g/mol. The summed E-state index contributed by atoms with van der Waals surface area (Å²) in [6.07, 6.45) is -7.08. The molecule has 42 heavy (non-hydrogen) atoms. The number of methoxy groups -OCH3 is 2. The summed E-state index contributed by atoms with van der Waals surface area (Å²) in [6.45, 7) is 4.36. The van der Waals surface area contributed by atoms with Crippen LogP contribution in [0.5, 0.6) is 28.7 Å². The summed E-state index contributed by atoms with van der Waals surface area (Å²) >= 11 is 0. The number of nitrogens with one attached hydrogen (secondary N) is 1. The number of rotatable bonds is 14. The van der Waals surface area contributed by atoms with Crippen molar-refractivity contribution >= 4 is 11.9 Å². The zero-order chi connectivity index (χ0) is 31.0. The maximum atomic E-state index is 12.9. The lowest BCUT2D eigenvalue weighted by molar-refractivity contribution is -0.277. The largest absolute Gasteiger partial charge is 0.502 e. The second-order valence-corrected chi connectivity index (χ2v) is 9.90. The number of hydrogen-bond donors (Lipinski definition) is 6. The first-order valence-electron chi connectivity index (χ1n) is 13.2. The number of hydrogen-bond acceptors (Lipinski definition) is 13. The van der Waals surface area contributed by atoms with Crippen molar-refractivity contribution in [2.24, 2.45) is 5.92 Å². The predicted octanol–water partition coefficient (Wildman–Crippen LogP) is 1.12. The van der Waals surface area contributed by atoms with E-state index in [0.717, 1.165) is 6.42 Å². The van der Waals surface area contributed by atoms with Gasteiger partial charge in [-0.2, -0.15) is 0 Å². The standard InChI is InChI=1S/C28H37NO13/c1-14(2)7-8-29-13-40-20-11-16(10-19(38-4)22(20)30)27(36)39-12-21-23(31)24(32)25(33)28(42-21)41-17-6-5-15(26(34)35)9-18(17)37-3/h5-6,9-11,14,21,23-25,28-33H,7-8,12-13H2,1-4H3,(H,34,35). The summed E-state index contributed by atoms with van der Waals surface area (Å²) in [6, 6.07) is 6.23. The van der Waals surface area contributed by atoms with E-state index < -0.39 is 49.3 Å². The molecule has 6 N–H and O–H groups in total. The fourth-order valence-corrected chi connectivity index (χ4v) is 3.97. The fourth-order valence-electron chi connectivity index (χ4n) is 3.97. The van der Waals surface area contributed by atoms with Gasteiger partial charge in [0.05, 0.1) is 25.3 Å². The van der Waals surface area contributed by atoms with Crippen molar-refractivity contribution in [1.29, 1.82) is 0 Å². The summed E-state index contributed by atoms with van der Waals surface area (Å²) in [5.41, 5.74) is -0.116. The number of carbonyl (C=O) groups excluding carboxylic acids is 1. The average molecular weight is 596 g/mol. The molecule has 0 aliphatic carbocycles. The van der Waals surface area contributed by atoms with Crippen LogP contribution in [-0.4, -0.2) is 102 Å². The van der Waals surface area contributed by atoms with Gasteiger partial charge < -0.3 is 54.0 Å². The van der Waals surface area contributed by atoms with E-state index >= 15 is 0 Å². The zero-order valence-electron chi connectivity index (χ0n) is 23.7. The van der Waals surface area contributed by atoms with Gasteiger partial charge in [-0.25, -0.2) is 9.59 Å². The van der Waals surface area contributed by atoms with E-state index in [-0.39, 0.29) is 46.6 Å². The van der Waals surface area contributed by atoms with E-state index in [4.69, 9.17) is 28.4 Å². The number of carbonyl (C=O) groups is 2. The Balaban J connectivity index is 1.69. The highest BCUT2D eigenvalue weighted by Crippen LogP contribution is 2.38. The van der Waals surface area contributed by atoms with Gasteiger partial charge in [-0.1, -0.05) is 13.8 Å². The number of phenols is 1. The van der Waals surface area contributed by atoms with E-state index in [0.29, 0.717) is 12.5 Å². The van der Waals surface area contributed by atoms with Crippen LogP contribution in [0.1, 0.15) is 41.0 Å². The van der Waals surface area contributed by atoms with E-state index in [1.807, 2.05) is 0 Å². The molecule has 1 aliphatic rings. The minimum Gasteiger partial charge on any atom is -0.502 e. The van der Waals surface area contributed by atoms with Crippen LogP contribution in [0.4, 0.5) is 0 Å². The van der Waals surface area contributed by atoms with Gasteiger partial charge >= 0.3 is 11.9 Å². The lowest BCUT2D eigenvalue weighted by Crippen LogP contribution is -2.60. The van der Waals surface area contributed by atoms with Crippen LogP contribution in [0.3, 0.4) is 0 Å². The SMILES string of the molecule is COc1cc(C(=O)O)ccc1OC1OC(COC(=O)c2cc(OC)c(O)c(OCNCCC(C)C)c2)C(O)C(O)C1O. The van der Waals surface area contributed by atoms with Crippen LogP contribution in [0, 0.1) is 5.92 Å². The Bertz CT molecular complexity index is 1220. The number of aromatic hydroxyl groups is 1. The smallest absolute Gasteiger partial charge is 0.338 e. The lowest BCUT2D eigenvalue weighted by atomic mass is 9.99. The number of aliphatic hydroxyl groups excluding tert-OH is 3. The molecule has 0 bridgehead atoms. The molecule has 5 unspecified atom stereocenters. The molecule has 14 nitrogen and oxygen atoms in total. The number of carboxylic acid groups (broad SMARTS) is 1.